The van der Waals surface area contributed by atoms with Crippen LogP contribution in [0.3, 0.4) is 0 Å². The zero-order chi connectivity index (χ0) is 18.1. The first-order valence-electron chi connectivity index (χ1n) is 8.60. The van der Waals surface area contributed by atoms with Crippen molar-refractivity contribution < 1.29 is 32.9 Å². The highest BCUT2D eigenvalue weighted by molar-refractivity contribution is 6.09. The summed E-state index contributed by atoms with van der Waals surface area (Å²) in [6.45, 7) is 0.414. The van der Waals surface area contributed by atoms with Gasteiger partial charge < -0.3 is 28.1 Å². The number of methoxy groups -OCH3 is 1. The number of ether oxygens (including phenoxy) is 5. The molecule has 0 fully saturated rings. The number of benzene rings is 2. The van der Waals surface area contributed by atoms with Crippen molar-refractivity contribution >= 4 is 16.8 Å². The molecule has 136 valence electrons. The first-order chi connectivity index (χ1) is 13.2. The first-order valence-corrected chi connectivity index (χ1v) is 8.60. The topological polar surface area (TPSA) is 76.4 Å². The Bertz CT molecular complexity index is 1110. The summed E-state index contributed by atoms with van der Waals surface area (Å²) in [6, 6.07) is 7.18. The summed E-state index contributed by atoms with van der Waals surface area (Å²) in [6.07, 6.45) is 1.11. The van der Waals surface area contributed by atoms with E-state index >= 15 is 0 Å². The van der Waals surface area contributed by atoms with Gasteiger partial charge in [-0.1, -0.05) is 0 Å². The summed E-state index contributed by atoms with van der Waals surface area (Å²) in [7, 11) is 1.53. The van der Waals surface area contributed by atoms with E-state index in [1.165, 1.54) is 7.11 Å². The predicted molar refractivity (Wildman–Crippen MR) is 92.3 cm³/mol. The van der Waals surface area contributed by atoms with Crippen LogP contribution in [0.15, 0.2) is 34.9 Å². The number of hydrogen-bond acceptors (Lipinski definition) is 7. The number of ketones is 1. The number of carbonyl (C=O) groups is 1. The van der Waals surface area contributed by atoms with Gasteiger partial charge >= 0.3 is 0 Å². The molecule has 2 aromatic carbocycles. The predicted octanol–water partition coefficient (Wildman–Crippen LogP) is 3.29. The zero-order valence-corrected chi connectivity index (χ0v) is 14.3. The van der Waals surface area contributed by atoms with Crippen LogP contribution in [0.4, 0.5) is 0 Å². The second-order valence-electron chi connectivity index (χ2n) is 6.68. The van der Waals surface area contributed by atoms with Crippen molar-refractivity contribution in [3.05, 3.63) is 41.7 Å². The molecule has 0 bridgehead atoms. The molecule has 0 amide bonds. The van der Waals surface area contributed by atoms with Crippen molar-refractivity contribution in [1.82, 2.24) is 0 Å². The fourth-order valence-electron chi connectivity index (χ4n) is 4.06. The van der Waals surface area contributed by atoms with Gasteiger partial charge in [0.2, 0.25) is 12.5 Å². The van der Waals surface area contributed by atoms with E-state index in [4.69, 9.17) is 28.1 Å². The van der Waals surface area contributed by atoms with Gasteiger partial charge in [0.1, 0.15) is 18.5 Å². The first kappa shape index (κ1) is 14.8. The fourth-order valence-corrected chi connectivity index (χ4v) is 4.06. The van der Waals surface area contributed by atoms with E-state index in [0.717, 1.165) is 10.9 Å². The molecule has 0 aliphatic carbocycles. The van der Waals surface area contributed by atoms with E-state index in [9.17, 15) is 4.79 Å². The molecule has 0 unspecified atom stereocenters. The summed E-state index contributed by atoms with van der Waals surface area (Å²) < 4.78 is 33.9. The molecule has 3 aliphatic rings. The molecule has 3 aliphatic heterocycles. The molecule has 0 saturated carbocycles. The molecule has 0 saturated heterocycles. The minimum Gasteiger partial charge on any atom is -0.490 e. The van der Waals surface area contributed by atoms with Crippen LogP contribution in [-0.4, -0.2) is 32.4 Å². The van der Waals surface area contributed by atoms with Crippen LogP contribution in [-0.2, 0) is 0 Å². The molecule has 4 heterocycles. The molecular formula is C20H14O7. The van der Waals surface area contributed by atoms with Gasteiger partial charge in [-0.05, 0) is 18.2 Å². The maximum absolute atomic E-state index is 13.5. The summed E-state index contributed by atoms with van der Waals surface area (Å²) in [5.74, 6) is 2.17. The van der Waals surface area contributed by atoms with Crippen LogP contribution in [0, 0.1) is 0 Å². The van der Waals surface area contributed by atoms with E-state index in [-0.39, 0.29) is 19.2 Å². The van der Waals surface area contributed by atoms with Crippen LogP contribution in [0.2, 0.25) is 0 Å². The molecule has 7 heteroatoms. The fraction of sp³-hybridized carbons (Fsp3) is 0.250. The Morgan fingerprint density at radius 3 is 2.78 bits per heavy atom. The summed E-state index contributed by atoms with van der Waals surface area (Å²) in [5.41, 5.74) is 1.79. The number of Topliss-reactive ketones (excluding diaryl/α,β-unsaturated/α-hetero) is 1. The molecule has 0 radical (unpaired) electrons. The molecule has 6 rings (SSSR count). The number of carbonyl (C=O) groups excluding carboxylic acids is 1. The average molecular weight is 366 g/mol. The second kappa shape index (κ2) is 5.09. The van der Waals surface area contributed by atoms with Crippen LogP contribution in [0.5, 0.6) is 28.7 Å². The minimum atomic E-state index is -0.482. The molecule has 2 atom stereocenters. The highest BCUT2D eigenvalue weighted by Crippen LogP contribution is 2.50. The number of furan rings is 1. The summed E-state index contributed by atoms with van der Waals surface area (Å²) in [5, 5.41) is 0.791. The Hall–Kier alpha value is -3.35. The third-order valence-corrected chi connectivity index (χ3v) is 5.29. The highest BCUT2D eigenvalue weighted by atomic mass is 16.7. The summed E-state index contributed by atoms with van der Waals surface area (Å²) >= 11 is 0. The highest BCUT2D eigenvalue weighted by Gasteiger charge is 2.45. The SMILES string of the molecule is COc1c2c(cc3ccoc13)C(=O)[C@H]1c3cc4c(cc3OC[C@H]1O2)OCO4. The third kappa shape index (κ3) is 1.88. The summed E-state index contributed by atoms with van der Waals surface area (Å²) in [4.78, 5) is 13.5. The Morgan fingerprint density at radius 2 is 1.93 bits per heavy atom. The molecule has 27 heavy (non-hydrogen) atoms. The van der Waals surface area contributed by atoms with Gasteiger partial charge in [-0.15, -0.1) is 0 Å². The van der Waals surface area contributed by atoms with Gasteiger partial charge in [0.15, 0.2) is 28.6 Å². The molecule has 7 nitrogen and oxygen atoms in total. The lowest BCUT2D eigenvalue weighted by Gasteiger charge is -2.37. The Morgan fingerprint density at radius 1 is 1.07 bits per heavy atom. The van der Waals surface area contributed by atoms with E-state index in [1.807, 2.05) is 6.07 Å². The quantitative estimate of drug-likeness (QED) is 0.654. The van der Waals surface area contributed by atoms with Crippen molar-refractivity contribution in [3.8, 4) is 28.7 Å². The second-order valence-corrected chi connectivity index (χ2v) is 6.68. The monoisotopic (exact) mass is 366 g/mol. The van der Waals surface area contributed by atoms with Crippen LogP contribution >= 0.6 is 0 Å². The third-order valence-electron chi connectivity index (χ3n) is 5.29. The number of rotatable bonds is 1. The van der Waals surface area contributed by atoms with Crippen LogP contribution < -0.4 is 23.7 Å². The molecule has 1 aromatic heterocycles. The van der Waals surface area contributed by atoms with E-state index in [0.29, 0.717) is 39.9 Å². The van der Waals surface area contributed by atoms with Crippen molar-refractivity contribution in [3.63, 3.8) is 0 Å². The maximum atomic E-state index is 13.5. The number of fused-ring (bicyclic) bond motifs is 6. The van der Waals surface area contributed by atoms with Gasteiger partial charge in [-0.25, -0.2) is 0 Å². The Balaban J connectivity index is 1.54. The Labute approximate surface area is 153 Å². The van der Waals surface area contributed by atoms with Crippen molar-refractivity contribution in [1.29, 1.82) is 0 Å². The largest absolute Gasteiger partial charge is 0.490 e. The molecule has 0 spiro atoms. The van der Waals surface area contributed by atoms with Crippen molar-refractivity contribution in [2.75, 3.05) is 20.5 Å². The lowest BCUT2D eigenvalue weighted by Crippen LogP contribution is -2.43. The number of hydrogen-bond donors (Lipinski definition) is 0. The molecule has 0 N–H and O–H groups in total. The molecule has 3 aromatic rings. The van der Waals surface area contributed by atoms with Crippen molar-refractivity contribution in [2.45, 2.75) is 12.0 Å². The van der Waals surface area contributed by atoms with E-state index in [2.05, 4.69) is 0 Å². The zero-order valence-electron chi connectivity index (χ0n) is 14.3. The smallest absolute Gasteiger partial charge is 0.231 e. The minimum absolute atomic E-state index is 0.0361. The van der Waals surface area contributed by atoms with Crippen LogP contribution in [0.25, 0.3) is 11.0 Å². The maximum Gasteiger partial charge on any atom is 0.231 e. The van der Waals surface area contributed by atoms with Gasteiger partial charge in [0.05, 0.1) is 24.9 Å². The Kier molecular flexibility index (Phi) is 2.79. The van der Waals surface area contributed by atoms with Gasteiger partial charge in [-0.2, -0.15) is 0 Å². The lowest BCUT2D eigenvalue weighted by molar-refractivity contribution is 0.0546. The van der Waals surface area contributed by atoms with Gasteiger partial charge in [0.25, 0.3) is 0 Å². The van der Waals surface area contributed by atoms with E-state index in [1.54, 1.807) is 24.5 Å². The van der Waals surface area contributed by atoms with Crippen molar-refractivity contribution in [2.24, 2.45) is 0 Å². The average Bonchev–Trinajstić information content (AvgIpc) is 3.33. The standard InChI is InChI=1S/C20H14O7/c1-22-20-18-9(2-3-23-18)4-11-17(21)16-10-5-13-14(26-8-25-13)6-12(10)24-7-15(16)27-19(11)20/h2-6,15-16H,7-8H2,1H3/t15-,16+/m1/s1. The normalized spacial score (nSPS) is 21.7. The van der Waals surface area contributed by atoms with E-state index < -0.39 is 12.0 Å². The molecular weight excluding hydrogens is 352 g/mol. The van der Waals surface area contributed by atoms with Crippen LogP contribution in [0.1, 0.15) is 21.8 Å². The van der Waals surface area contributed by atoms with Gasteiger partial charge in [-0.3, -0.25) is 4.79 Å². The lowest BCUT2D eigenvalue weighted by atomic mass is 9.81. The van der Waals surface area contributed by atoms with Gasteiger partial charge in [0, 0.05) is 17.0 Å².